The highest BCUT2D eigenvalue weighted by Gasteiger charge is 2.30. The summed E-state index contributed by atoms with van der Waals surface area (Å²) in [6.45, 7) is 3.23. The van der Waals surface area contributed by atoms with Crippen LogP contribution in [0.2, 0.25) is 0 Å². The predicted octanol–water partition coefficient (Wildman–Crippen LogP) is 1.58. The Bertz CT molecular complexity index is 602. The average Bonchev–Trinajstić information content (AvgIpc) is 2.76. The van der Waals surface area contributed by atoms with Gasteiger partial charge in [-0.2, -0.15) is 0 Å². The molecule has 1 N–H and O–H groups in total. The van der Waals surface area contributed by atoms with Gasteiger partial charge in [0.15, 0.2) is 0 Å². The standard InChI is InChI=1S/C14H15N3O4/c1-14(2,17(20)21)9-15-10-3-5-11(6-4-10)16-12(18)7-8-13(16)19/h3-8,15H,9H2,1-2H3. The zero-order valence-electron chi connectivity index (χ0n) is 11.7. The van der Waals surface area contributed by atoms with Gasteiger partial charge >= 0.3 is 0 Å². The first-order valence-electron chi connectivity index (χ1n) is 6.36. The van der Waals surface area contributed by atoms with Crippen molar-refractivity contribution in [3.05, 3.63) is 46.5 Å². The third-order valence-corrected chi connectivity index (χ3v) is 3.15. The van der Waals surface area contributed by atoms with Crippen molar-refractivity contribution in [2.75, 3.05) is 16.8 Å². The van der Waals surface area contributed by atoms with Crippen molar-refractivity contribution >= 4 is 23.2 Å². The van der Waals surface area contributed by atoms with Crippen LogP contribution in [0.4, 0.5) is 11.4 Å². The number of rotatable bonds is 5. The normalized spacial score (nSPS) is 14.7. The lowest BCUT2D eigenvalue weighted by Gasteiger charge is -2.18. The largest absolute Gasteiger partial charge is 0.378 e. The van der Waals surface area contributed by atoms with Gasteiger partial charge in [-0.1, -0.05) is 0 Å². The SMILES string of the molecule is CC(C)(CNc1ccc(N2C(=O)C=CC2=O)cc1)[N+](=O)[O-]. The van der Waals surface area contributed by atoms with E-state index in [1.165, 1.54) is 26.0 Å². The van der Waals surface area contributed by atoms with Crippen molar-refractivity contribution in [1.82, 2.24) is 0 Å². The Hall–Kier alpha value is -2.70. The molecule has 0 aliphatic carbocycles. The number of hydrogen-bond donors (Lipinski definition) is 1. The average molecular weight is 289 g/mol. The molecule has 7 nitrogen and oxygen atoms in total. The maximum Gasteiger partial charge on any atom is 0.258 e. The molecule has 0 unspecified atom stereocenters. The van der Waals surface area contributed by atoms with E-state index in [2.05, 4.69) is 5.32 Å². The summed E-state index contributed by atoms with van der Waals surface area (Å²) in [7, 11) is 0. The van der Waals surface area contributed by atoms with Crippen LogP contribution in [0.25, 0.3) is 0 Å². The highest BCUT2D eigenvalue weighted by Crippen LogP contribution is 2.21. The first-order valence-corrected chi connectivity index (χ1v) is 6.36. The number of nitrogens with one attached hydrogen (secondary N) is 1. The van der Waals surface area contributed by atoms with E-state index >= 15 is 0 Å². The van der Waals surface area contributed by atoms with E-state index in [-0.39, 0.29) is 23.3 Å². The summed E-state index contributed by atoms with van der Waals surface area (Å²) in [4.78, 5) is 34.6. The molecule has 2 rings (SSSR count). The molecule has 0 spiro atoms. The number of imide groups is 1. The van der Waals surface area contributed by atoms with E-state index in [0.29, 0.717) is 11.4 Å². The summed E-state index contributed by atoms with van der Waals surface area (Å²) in [6, 6.07) is 6.57. The van der Waals surface area contributed by atoms with Crippen molar-refractivity contribution in [1.29, 1.82) is 0 Å². The summed E-state index contributed by atoms with van der Waals surface area (Å²) < 4.78 is 0. The molecular weight excluding hydrogens is 274 g/mol. The molecule has 0 aromatic heterocycles. The molecule has 0 saturated heterocycles. The molecule has 0 saturated carbocycles. The Morgan fingerprint density at radius 2 is 1.67 bits per heavy atom. The van der Waals surface area contributed by atoms with Crippen LogP contribution in [-0.2, 0) is 9.59 Å². The fraction of sp³-hybridized carbons (Fsp3) is 0.286. The lowest BCUT2D eigenvalue weighted by atomic mass is 10.1. The van der Waals surface area contributed by atoms with Crippen LogP contribution in [0, 0.1) is 10.1 Å². The second-order valence-corrected chi connectivity index (χ2v) is 5.32. The lowest BCUT2D eigenvalue weighted by molar-refractivity contribution is -0.556. The van der Waals surface area contributed by atoms with Crippen LogP contribution >= 0.6 is 0 Å². The molecule has 0 fully saturated rings. The van der Waals surface area contributed by atoms with Gasteiger partial charge in [0.05, 0.1) is 12.2 Å². The van der Waals surface area contributed by atoms with Gasteiger partial charge in [-0.3, -0.25) is 19.7 Å². The first-order chi connectivity index (χ1) is 9.81. The highest BCUT2D eigenvalue weighted by molar-refractivity contribution is 6.28. The Kier molecular flexibility index (Phi) is 3.75. The topological polar surface area (TPSA) is 92.6 Å². The van der Waals surface area contributed by atoms with Crippen LogP contribution in [-0.4, -0.2) is 28.8 Å². The van der Waals surface area contributed by atoms with Crippen molar-refractivity contribution < 1.29 is 14.5 Å². The molecule has 1 heterocycles. The molecule has 21 heavy (non-hydrogen) atoms. The number of carbonyl (C=O) groups excluding carboxylic acids is 2. The quantitative estimate of drug-likeness (QED) is 0.504. The zero-order valence-corrected chi connectivity index (χ0v) is 11.7. The van der Waals surface area contributed by atoms with E-state index in [0.717, 1.165) is 4.90 Å². The molecule has 1 aromatic rings. The summed E-state index contributed by atoms with van der Waals surface area (Å²) in [5, 5.41) is 13.8. The monoisotopic (exact) mass is 289 g/mol. The van der Waals surface area contributed by atoms with Crippen molar-refractivity contribution in [3.63, 3.8) is 0 Å². The maximum atomic E-state index is 11.5. The number of carbonyl (C=O) groups is 2. The molecule has 7 heteroatoms. The van der Waals surface area contributed by atoms with E-state index in [9.17, 15) is 19.7 Å². The Morgan fingerprint density at radius 3 is 2.14 bits per heavy atom. The second-order valence-electron chi connectivity index (χ2n) is 5.32. The second kappa shape index (κ2) is 5.35. The summed E-state index contributed by atoms with van der Waals surface area (Å²) in [5.41, 5.74) is 0.0681. The number of hydrogen-bond acceptors (Lipinski definition) is 5. The smallest absolute Gasteiger partial charge is 0.258 e. The fourth-order valence-corrected chi connectivity index (χ4v) is 1.77. The van der Waals surface area contributed by atoms with E-state index < -0.39 is 5.54 Å². The van der Waals surface area contributed by atoms with Crippen molar-refractivity contribution in [3.8, 4) is 0 Å². The van der Waals surface area contributed by atoms with Crippen LogP contribution in [0.5, 0.6) is 0 Å². The van der Waals surface area contributed by atoms with Gasteiger partial charge in [-0.15, -0.1) is 0 Å². The van der Waals surface area contributed by atoms with Crippen LogP contribution < -0.4 is 10.2 Å². The predicted molar refractivity (Wildman–Crippen MR) is 77.6 cm³/mol. The van der Waals surface area contributed by atoms with Crippen LogP contribution in [0.15, 0.2) is 36.4 Å². The van der Waals surface area contributed by atoms with E-state index in [4.69, 9.17) is 0 Å². The molecule has 1 aliphatic heterocycles. The van der Waals surface area contributed by atoms with Gasteiger partial charge < -0.3 is 5.32 Å². The number of anilines is 2. The molecular formula is C14H15N3O4. The number of benzene rings is 1. The molecule has 0 atom stereocenters. The Morgan fingerprint density at radius 1 is 1.14 bits per heavy atom. The number of amides is 2. The molecule has 1 aromatic carbocycles. The molecule has 0 radical (unpaired) electrons. The fourth-order valence-electron chi connectivity index (χ4n) is 1.77. The molecule has 2 amide bonds. The third-order valence-electron chi connectivity index (χ3n) is 3.15. The lowest BCUT2D eigenvalue weighted by Crippen LogP contribution is -2.38. The van der Waals surface area contributed by atoms with E-state index in [1.54, 1.807) is 24.3 Å². The number of nitro groups is 1. The van der Waals surface area contributed by atoms with Crippen LogP contribution in [0.3, 0.4) is 0 Å². The molecule has 0 bridgehead atoms. The minimum Gasteiger partial charge on any atom is -0.378 e. The van der Waals surface area contributed by atoms with Crippen molar-refractivity contribution in [2.24, 2.45) is 0 Å². The first kappa shape index (κ1) is 14.7. The summed E-state index contributed by atoms with van der Waals surface area (Å²) >= 11 is 0. The van der Waals surface area contributed by atoms with Gasteiger partial charge in [0.25, 0.3) is 11.8 Å². The van der Waals surface area contributed by atoms with Crippen LogP contribution in [0.1, 0.15) is 13.8 Å². The minimum absolute atomic E-state index is 0.169. The van der Waals surface area contributed by atoms with Gasteiger partial charge in [-0.05, 0) is 24.3 Å². The maximum absolute atomic E-state index is 11.5. The molecule has 1 aliphatic rings. The number of nitrogens with zero attached hydrogens (tertiary/aromatic N) is 2. The van der Waals surface area contributed by atoms with Gasteiger partial charge in [0.1, 0.15) is 0 Å². The van der Waals surface area contributed by atoms with E-state index in [1.807, 2.05) is 0 Å². The summed E-state index contributed by atoms with van der Waals surface area (Å²) in [5.74, 6) is -0.759. The van der Waals surface area contributed by atoms with Crippen molar-refractivity contribution in [2.45, 2.75) is 19.4 Å². The Labute approximate surface area is 121 Å². The zero-order chi connectivity index (χ0) is 15.6. The summed E-state index contributed by atoms with van der Waals surface area (Å²) in [6.07, 6.45) is 2.43. The Balaban J connectivity index is 2.05. The highest BCUT2D eigenvalue weighted by atomic mass is 16.6. The van der Waals surface area contributed by atoms with Gasteiger partial charge in [0, 0.05) is 36.6 Å². The van der Waals surface area contributed by atoms with Gasteiger partial charge in [0.2, 0.25) is 5.54 Å². The van der Waals surface area contributed by atoms with Gasteiger partial charge in [-0.25, -0.2) is 4.90 Å². The molecule has 110 valence electrons. The minimum atomic E-state index is -1.08. The third kappa shape index (κ3) is 3.07.